The van der Waals surface area contributed by atoms with E-state index in [2.05, 4.69) is 15.1 Å². The summed E-state index contributed by atoms with van der Waals surface area (Å²) in [5.41, 5.74) is 5.28. The first-order chi connectivity index (χ1) is 22.0. The number of nitrogens with zero attached hydrogens (tertiary/aromatic N) is 6. The van der Waals surface area contributed by atoms with Crippen molar-refractivity contribution in [1.29, 1.82) is 0 Å². The van der Waals surface area contributed by atoms with E-state index in [0.717, 1.165) is 25.0 Å². The molecule has 1 spiro atoms. The molecule has 16 heteroatoms. The maximum absolute atomic E-state index is 15.1. The molecule has 2 fully saturated rings. The Labute approximate surface area is 266 Å². The number of aryl methyl sites for hydroxylation is 1. The number of ether oxygens (including phenoxy) is 3. The third-order valence-electron chi connectivity index (χ3n) is 9.41. The number of hydrogen-bond donors (Lipinski definition) is 1. The van der Waals surface area contributed by atoms with Crippen molar-refractivity contribution >= 4 is 29.0 Å². The van der Waals surface area contributed by atoms with Crippen molar-refractivity contribution in [3.8, 4) is 6.01 Å². The summed E-state index contributed by atoms with van der Waals surface area (Å²) in [4.78, 5) is 26.2. The number of halogens is 5. The van der Waals surface area contributed by atoms with Crippen molar-refractivity contribution in [2.45, 2.75) is 57.7 Å². The average molecular weight is 666 g/mol. The Balaban J connectivity index is 1.17. The second-order valence-electron chi connectivity index (χ2n) is 12.3. The molecule has 46 heavy (non-hydrogen) atoms. The van der Waals surface area contributed by atoms with Gasteiger partial charge < -0.3 is 29.7 Å². The Morgan fingerprint density at radius 1 is 1.17 bits per heavy atom. The molecule has 246 valence electrons. The number of amides is 1. The maximum Gasteiger partial charge on any atom is 0.416 e. The topological polar surface area (TPSA) is 121 Å². The van der Waals surface area contributed by atoms with Crippen molar-refractivity contribution in [1.82, 2.24) is 24.6 Å². The zero-order chi connectivity index (χ0) is 32.4. The smallest absolute Gasteiger partial charge is 0.416 e. The van der Waals surface area contributed by atoms with Crippen LogP contribution < -0.4 is 15.4 Å². The Morgan fingerprint density at radius 2 is 1.93 bits per heavy atom. The first kappa shape index (κ1) is 30.9. The summed E-state index contributed by atoms with van der Waals surface area (Å²) in [5, 5.41) is 4.88. The molecule has 7 rings (SSSR count). The number of carbonyl (C=O) groups excluding carboxylic acids is 1. The first-order valence-electron chi connectivity index (χ1n) is 15.1. The van der Waals surface area contributed by atoms with E-state index in [1.54, 1.807) is 9.58 Å². The lowest BCUT2D eigenvalue weighted by Crippen LogP contribution is -2.60. The van der Waals surface area contributed by atoms with E-state index in [9.17, 15) is 18.0 Å². The fourth-order valence-electron chi connectivity index (χ4n) is 6.92. The molecule has 6 heterocycles. The third kappa shape index (κ3) is 5.31. The van der Waals surface area contributed by atoms with E-state index >= 15 is 4.39 Å². The van der Waals surface area contributed by atoms with Crippen LogP contribution in [-0.2, 0) is 41.8 Å². The summed E-state index contributed by atoms with van der Waals surface area (Å²) < 4.78 is 75.2. The molecule has 0 bridgehead atoms. The molecule has 11 nitrogen and oxygen atoms in total. The molecule has 4 aliphatic heterocycles. The summed E-state index contributed by atoms with van der Waals surface area (Å²) in [6, 6.07) is 1.65. The van der Waals surface area contributed by atoms with Crippen LogP contribution in [0, 0.1) is 11.2 Å². The highest BCUT2D eigenvalue weighted by atomic mass is 35.5. The number of nitrogen functional groups attached to an aromatic ring is 1. The van der Waals surface area contributed by atoms with Gasteiger partial charge in [-0.3, -0.25) is 9.48 Å². The van der Waals surface area contributed by atoms with Crippen LogP contribution in [0.25, 0.3) is 0 Å². The van der Waals surface area contributed by atoms with Crippen molar-refractivity contribution in [3.05, 3.63) is 56.7 Å². The number of methoxy groups -OCH3 is 1. The molecule has 1 amide bonds. The lowest BCUT2D eigenvalue weighted by Gasteiger charge is -2.51. The van der Waals surface area contributed by atoms with Gasteiger partial charge in [-0.05, 0) is 31.4 Å². The largest absolute Gasteiger partial charge is 0.467 e. The van der Waals surface area contributed by atoms with Gasteiger partial charge in [0.05, 0.1) is 54.0 Å². The Hall–Kier alpha value is -3.69. The fourth-order valence-corrected chi connectivity index (χ4v) is 7.19. The maximum atomic E-state index is 15.1. The van der Waals surface area contributed by atoms with Crippen molar-refractivity contribution in [3.63, 3.8) is 0 Å². The van der Waals surface area contributed by atoms with E-state index in [-0.39, 0.29) is 47.6 Å². The monoisotopic (exact) mass is 665 g/mol. The highest BCUT2D eigenvalue weighted by molar-refractivity contribution is 6.34. The molecule has 0 aliphatic carbocycles. The third-order valence-corrected chi connectivity index (χ3v) is 9.80. The number of hydrogen-bond acceptors (Lipinski definition) is 9. The Kier molecular flexibility index (Phi) is 7.75. The zero-order valence-corrected chi connectivity index (χ0v) is 25.8. The number of aromatic nitrogens is 4. The summed E-state index contributed by atoms with van der Waals surface area (Å²) in [6.45, 7) is 3.81. The van der Waals surface area contributed by atoms with Gasteiger partial charge in [0.25, 0.3) is 5.91 Å². The zero-order valence-electron chi connectivity index (χ0n) is 25.0. The second-order valence-corrected chi connectivity index (χ2v) is 12.6. The molecule has 2 aromatic heterocycles. The SMILES string of the molecule is COc1nc2c(c(N3CCCn4nc(C(=O)N5CC6(CCOCC6)C5)c(Cl)c4C3)n1)COC(c1c(C(F)(F)F)ccc(N)c1F)C2. The van der Waals surface area contributed by atoms with Crippen molar-refractivity contribution in [2.24, 2.45) is 5.41 Å². The van der Waals surface area contributed by atoms with E-state index in [1.165, 1.54) is 7.11 Å². The van der Waals surface area contributed by atoms with Crippen molar-refractivity contribution in [2.75, 3.05) is 50.6 Å². The van der Waals surface area contributed by atoms with Gasteiger partial charge in [0, 0.05) is 62.4 Å². The van der Waals surface area contributed by atoms with Gasteiger partial charge in [-0.25, -0.2) is 4.39 Å². The molecule has 0 radical (unpaired) electrons. The van der Waals surface area contributed by atoms with E-state index in [4.69, 9.17) is 31.5 Å². The van der Waals surface area contributed by atoms with Gasteiger partial charge in [-0.15, -0.1) is 0 Å². The average Bonchev–Trinajstić information content (AvgIpc) is 3.18. The minimum absolute atomic E-state index is 0.00182. The van der Waals surface area contributed by atoms with Crippen LogP contribution in [0.15, 0.2) is 12.1 Å². The predicted octanol–water partition coefficient (Wildman–Crippen LogP) is 4.55. The Bertz CT molecular complexity index is 1690. The van der Waals surface area contributed by atoms with Gasteiger partial charge >= 0.3 is 12.2 Å². The molecule has 0 saturated carbocycles. The van der Waals surface area contributed by atoms with Gasteiger partial charge in [0.15, 0.2) is 11.5 Å². The van der Waals surface area contributed by atoms with Gasteiger partial charge in [-0.2, -0.15) is 28.2 Å². The number of alkyl halides is 3. The normalized spacial score (nSPS) is 21.0. The standard InChI is InChI=1S/C30H32ClF4N7O4/c1-44-28-37-19-11-21(22-17(30(33,34)35)3-4-18(36)24(22)32)46-13-16(19)26(38-28)40-7-2-8-42-20(12-40)23(31)25(39-42)27(43)41-14-29(15-41)5-9-45-10-6-29/h3-4,21H,2,5-15,36H2,1H3. The second kappa shape index (κ2) is 11.5. The summed E-state index contributed by atoms with van der Waals surface area (Å²) in [7, 11) is 1.38. The lowest BCUT2D eigenvalue weighted by atomic mass is 9.73. The van der Waals surface area contributed by atoms with Gasteiger partial charge in [-0.1, -0.05) is 11.6 Å². The predicted molar refractivity (Wildman–Crippen MR) is 157 cm³/mol. The Morgan fingerprint density at radius 3 is 2.65 bits per heavy atom. The van der Waals surface area contributed by atoms with Crippen LogP contribution >= 0.6 is 11.6 Å². The molecule has 2 N–H and O–H groups in total. The molecular formula is C30H32ClF4N7O4. The summed E-state index contributed by atoms with van der Waals surface area (Å²) >= 11 is 6.84. The number of benzene rings is 1. The molecule has 4 aliphatic rings. The van der Waals surface area contributed by atoms with Gasteiger partial charge in [0.1, 0.15) is 5.82 Å². The minimum Gasteiger partial charge on any atom is -0.467 e. The quantitative estimate of drug-likeness (QED) is 0.316. The number of anilines is 2. The highest BCUT2D eigenvalue weighted by Gasteiger charge is 2.47. The van der Waals surface area contributed by atoms with Crippen LogP contribution in [0.4, 0.5) is 29.1 Å². The molecular weight excluding hydrogens is 634 g/mol. The first-order valence-corrected chi connectivity index (χ1v) is 15.4. The molecule has 1 aromatic carbocycles. The number of rotatable bonds is 4. The minimum atomic E-state index is -4.82. The number of nitrogens with two attached hydrogens (primary N) is 1. The molecule has 1 atom stereocenters. The van der Waals surface area contributed by atoms with E-state index in [0.29, 0.717) is 68.6 Å². The van der Waals surface area contributed by atoms with Crippen molar-refractivity contribution < 1.29 is 36.6 Å². The highest BCUT2D eigenvalue weighted by Crippen LogP contribution is 2.44. The fraction of sp³-hybridized carbons (Fsp3) is 0.533. The van der Waals surface area contributed by atoms with E-state index < -0.39 is 34.9 Å². The number of fused-ring (bicyclic) bond motifs is 2. The summed E-state index contributed by atoms with van der Waals surface area (Å²) in [6.07, 6.45) is -3.80. The lowest BCUT2D eigenvalue weighted by molar-refractivity contribution is -0.140. The van der Waals surface area contributed by atoms with Crippen LogP contribution in [-0.4, -0.2) is 70.5 Å². The molecule has 1 unspecified atom stereocenters. The van der Waals surface area contributed by atoms with Crippen LogP contribution in [0.1, 0.15) is 63.9 Å². The van der Waals surface area contributed by atoms with E-state index in [1.807, 2.05) is 4.90 Å². The van der Waals surface area contributed by atoms with Crippen LogP contribution in [0.3, 0.4) is 0 Å². The summed E-state index contributed by atoms with van der Waals surface area (Å²) in [5.74, 6) is -0.930. The molecule has 2 saturated heterocycles. The van der Waals surface area contributed by atoms with Crippen LogP contribution in [0.5, 0.6) is 6.01 Å². The number of carbonyl (C=O) groups is 1. The number of likely N-dealkylation sites (tertiary alicyclic amines) is 1. The van der Waals surface area contributed by atoms with Gasteiger partial charge in [0.2, 0.25) is 0 Å². The molecule has 3 aromatic rings. The van der Waals surface area contributed by atoms with Crippen LogP contribution in [0.2, 0.25) is 5.02 Å².